The number of hydrogen-bond donors (Lipinski definition) is 0. The van der Waals surface area contributed by atoms with Gasteiger partial charge in [-0.2, -0.15) is 0 Å². The second kappa shape index (κ2) is 9.44. The number of ether oxygens (including phenoxy) is 1. The van der Waals surface area contributed by atoms with Crippen molar-refractivity contribution in [3.05, 3.63) is 82.6 Å². The maximum Gasteiger partial charge on any atom is 0.228 e. The molecule has 0 fully saturated rings. The van der Waals surface area contributed by atoms with Crippen molar-refractivity contribution in [1.82, 2.24) is 14.9 Å². The molecule has 0 N–H and O–H groups in total. The second-order valence-corrected chi connectivity index (χ2v) is 8.16. The fourth-order valence-corrected chi connectivity index (χ4v) is 4.02. The van der Waals surface area contributed by atoms with Crippen LogP contribution in [0.4, 0.5) is 10.2 Å². The Labute approximate surface area is 187 Å². The zero-order chi connectivity index (χ0) is 22.7. The zero-order valence-electron chi connectivity index (χ0n) is 18.6. The molecule has 0 saturated heterocycles. The number of amides is 1. The number of aromatic nitrogens is 2. The highest BCUT2D eigenvalue weighted by Gasteiger charge is 2.28. The first-order chi connectivity index (χ1) is 15.4. The van der Waals surface area contributed by atoms with Gasteiger partial charge in [-0.05, 0) is 55.8 Å². The summed E-state index contributed by atoms with van der Waals surface area (Å²) in [7, 11) is 3.60. The number of hydrogen-bond acceptors (Lipinski definition) is 5. The molecule has 32 heavy (non-hydrogen) atoms. The molecule has 2 heterocycles. The molecule has 2 aromatic carbocycles. The lowest BCUT2D eigenvalue weighted by Crippen LogP contribution is -2.36. The van der Waals surface area contributed by atoms with Gasteiger partial charge in [-0.3, -0.25) is 14.6 Å². The molecule has 4 rings (SSSR count). The first-order valence-corrected chi connectivity index (χ1v) is 10.7. The van der Waals surface area contributed by atoms with E-state index in [0.29, 0.717) is 44.1 Å². The zero-order valence-corrected chi connectivity index (χ0v) is 18.6. The molecule has 3 aromatic rings. The second-order valence-electron chi connectivity index (χ2n) is 8.16. The Morgan fingerprint density at radius 2 is 1.84 bits per heavy atom. The van der Waals surface area contributed by atoms with Crippen LogP contribution in [0.1, 0.15) is 34.6 Å². The van der Waals surface area contributed by atoms with Crippen LogP contribution in [0.25, 0.3) is 0 Å². The molecule has 166 valence electrons. The molecule has 0 spiro atoms. The Kier molecular flexibility index (Phi) is 6.46. The van der Waals surface area contributed by atoms with E-state index in [-0.39, 0.29) is 11.7 Å². The Morgan fingerprint density at radius 1 is 1.06 bits per heavy atom. The minimum absolute atomic E-state index is 0.0593. The molecule has 1 aromatic heterocycles. The molecule has 0 radical (unpaired) electrons. The van der Waals surface area contributed by atoms with Crippen LogP contribution >= 0.6 is 0 Å². The summed E-state index contributed by atoms with van der Waals surface area (Å²) in [6, 6.07) is 14.2. The standard InChI is InChI=1S/C25H27FN4O2/c1-17-22-11-12-24(31)30(15-19-5-4-6-21(13-19)32-3)25(22)28-23(27-17)16-29(2)14-18-7-9-20(26)10-8-18/h4-10,13H,11-12,14-16H2,1-3H3. The normalized spacial score (nSPS) is 13.4. The molecule has 0 unspecified atom stereocenters. The predicted octanol–water partition coefficient (Wildman–Crippen LogP) is 4.04. The monoisotopic (exact) mass is 434 g/mol. The first kappa shape index (κ1) is 21.9. The minimum Gasteiger partial charge on any atom is -0.497 e. The largest absolute Gasteiger partial charge is 0.497 e. The van der Waals surface area contributed by atoms with Gasteiger partial charge in [0.15, 0.2) is 0 Å². The summed E-state index contributed by atoms with van der Waals surface area (Å²) >= 11 is 0. The van der Waals surface area contributed by atoms with Crippen LogP contribution in [0.15, 0.2) is 48.5 Å². The van der Waals surface area contributed by atoms with Crippen LogP contribution in [0.5, 0.6) is 5.75 Å². The highest BCUT2D eigenvalue weighted by atomic mass is 19.1. The van der Waals surface area contributed by atoms with Gasteiger partial charge in [0.25, 0.3) is 0 Å². The fraction of sp³-hybridized carbons (Fsp3) is 0.320. The molecule has 0 bridgehead atoms. The first-order valence-electron chi connectivity index (χ1n) is 10.7. The van der Waals surface area contributed by atoms with Crippen molar-refractivity contribution >= 4 is 11.7 Å². The smallest absolute Gasteiger partial charge is 0.228 e. The maximum atomic E-state index is 13.2. The van der Waals surface area contributed by atoms with E-state index in [2.05, 4.69) is 4.90 Å². The fourth-order valence-electron chi connectivity index (χ4n) is 4.02. The highest BCUT2D eigenvalue weighted by molar-refractivity contribution is 5.95. The van der Waals surface area contributed by atoms with Gasteiger partial charge in [-0.25, -0.2) is 14.4 Å². The number of benzene rings is 2. The molecule has 0 atom stereocenters. The Hall–Kier alpha value is -3.32. The van der Waals surface area contributed by atoms with Crippen molar-refractivity contribution in [3.8, 4) is 5.75 Å². The molecule has 1 aliphatic heterocycles. The lowest BCUT2D eigenvalue weighted by Gasteiger charge is -2.30. The van der Waals surface area contributed by atoms with E-state index in [1.807, 2.05) is 38.2 Å². The summed E-state index contributed by atoms with van der Waals surface area (Å²) in [5.74, 6) is 1.93. The number of fused-ring (bicyclic) bond motifs is 1. The van der Waals surface area contributed by atoms with Crippen molar-refractivity contribution in [3.63, 3.8) is 0 Å². The molecule has 7 heteroatoms. The van der Waals surface area contributed by atoms with E-state index >= 15 is 0 Å². The molecule has 6 nitrogen and oxygen atoms in total. The van der Waals surface area contributed by atoms with Crippen LogP contribution in [-0.2, 0) is 30.8 Å². The summed E-state index contributed by atoms with van der Waals surface area (Å²) in [6.45, 7) is 3.58. The Morgan fingerprint density at radius 3 is 2.59 bits per heavy atom. The van der Waals surface area contributed by atoms with Crippen LogP contribution in [-0.4, -0.2) is 34.9 Å². The number of halogens is 1. The number of aryl methyl sites for hydroxylation is 1. The van der Waals surface area contributed by atoms with Crippen LogP contribution < -0.4 is 9.64 Å². The Bertz CT molecular complexity index is 1120. The van der Waals surface area contributed by atoms with Gasteiger partial charge in [-0.1, -0.05) is 24.3 Å². The van der Waals surface area contributed by atoms with Crippen molar-refractivity contribution in [2.45, 2.75) is 39.4 Å². The maximum absolute atomic E-state index is 13.2. The third kappa shape index (κ3) is 4.94. The predicted molar refractivity (Wildman–Crippen MR) is 121 cm³/mol. The average molecular weight is 435 g/mol. The van der Waals surface area contributed by atoms with Gasteiger partial charge in [0.05, 0.1) is 20.2 Å². The molecular formula is C25H27FN4O2. The van der Waals surface area contributed by atoms with Gasteiger partial charge >= 0.3 is 0 Å². The summed E-state index contributed by atoms with van der Waals surface area (Å²) in [4.78, 5) is 26.2. The van der Waals surface area contributed by atoms with E-state index in [4.69, 9.17) is 14.7 Å². The van der Waals surface area contributed by atoms with Gasteiger partial charge in [0.1, 0.15) is 23.2 Å². The summed E-state index contributed by atoms with van der Waals surface area (Å²) in [5.41, 5.74) is 3.93. The lowest BCUT2D eigenvalue weighted by atomic mass is 10.0. The average Bonchev–Trinajstić information content (AvgIpc) is 2.77. The van der Waals surface area contributed by atoms with Crippen LogP contribution in [0, 0.1) is 12.7 Å². The van der Waals surface area contributed by atoms with Gasteiger partial charge < -0.3 is 4.74 Å². The SMILES string of the molecule is COc1cccc(CN2C(=O)CCc3c(C)nc(CN(C)Cc4ccc(F)cc4)nc32)c1. The van der Waals surface area contributed by atoms with Crippen molar-refractivity contribution in [2.75, 3.05) is 19.1 Å². The van der Waals surface area contributed by atoms with Crippen LogP contribution in [0.2, 0.25) is 0 Å². The van der Waals surface area contributed by atoms with Crippen molar-refractivity contribution in [2.24, 2.45) is 0 Å². The van der Waals surface area contributed by atoms with Gasteiger partial charge in [-0.15, -0.1) is 0 Å². The number of carbonyl (C=O) groups is 1. The summed E-state index contributed by atoms with van der Waals surface area (Å²) in [5, 5.41) is 0. The van der Waals surface area contributed by atoms with E-state index in [1.54, 1.807) is 24.1 Å². The van der Waals surface area contributed by atoms with Gasteiger partial charge in [0.2, 0.25) is 5.91 Å². The molecule has 1 aliphatic rings. The molecule has 0 saturated carbocycles. The van der Waals surface area contributed by atoms with E-state index in [0.717, 1.165) is 28.1 Å². The van der Waals surface area contributed by atoms with Crippen molar-refractivity contribution < 1.29 is 13.9 Å². The van der Waals surface area contributed by atoms with Gasteiger partial charge in [0, 0.05) is 24.2 Å². The Balaban J connectivity index is 1.57. The number of anilines is 1. The quantitative estimate of drug-likeness (QED) is 0.562. The third-order valence-electron chi connectivity index (χ3n) is 5.64. The number of rotatable bonds is 7. The third-order valence-corrected chi connectivity index (χ3v) is 5.64. The number of carbonyl (C=O) groups excluding carboxylic acids is 1. The van der Waals surface area contributed by atoms with E-state index < -0.39 is 0 Å². The summed E-state index contributed by atoms with van der Waals surface area (Å²) < 4.78 is 18.5. The van der Waals surface area contributed by atoms with E-state index in [1.165, 1.54) is 12.1 Å². The van der Waals surface area contributed by atoms with Crippen molar-refractivity contribution in [1.29, 1.82) is 0 Å². The number of nitrogens with zero attached hydrogens (tertiary/aromatic N) is 4. The topological polar surface area (TPSA) is 58.6 Å². The molecular weight excluding hydrogens is 407 g/mol. The van der Waals surface area contributed by atoms with E-state index in [9.17, 15) is 9.18 Å². The molecule has 0 aliphatic carbocycles. The lowest BCUT2D eigenvalue weighted by molar-refractivity contribution is -0.119. The summed E-state index contributed by atoms with van der Waals surface area (Å²) in [6.07, 6.45) is 1.10. The molecule has 1 amide bonds. The van der Waals surface area contributed by atoms with Crippen LogP contribution in [0.3, 0.4) is 0 Å². The number of methoxy groups -OCH3 is 1. The minimum atomic E-state index is -0.245. The highest BCUT2D eigenvalue weighted by Crippen LogP contribution is 2.30.